The van der Waals surface area contributed by atoms with E-state index in [-0.39, 0.29) is 47.8 Å². The summed E-state index contributed by atoms with van der Waals surface area (Å²) < 4.78 is 2.85. The number of benzene rings is 2. The number of hydrogen-bond acceptors (Lipinski definition) is 5. The van der Waals surface area contributed by atoms with E-state index in [2.05, 4.69) is 29.4 Å². The number of hydrogen-bond donors (Lipinski definition) is 2. The Hall–Kier alpha value is -3.55. The molecule has 1 atom stereocenters. The Morgan fingerprint density at radius 2 is 1.58 bits per heavy atom. The molecular weight excluding hydrogens is 526 g/mol. The minimum Gasteiger partial charge on any atom is -0.326 e. The number of halogens is 1. The lowest BCUT2D eigenvalue weighted by Gasteiger charge is -2.27. The maximum absolute atomic E-state index is 13.0. The topological polar surface area (TPSA) is 126 Å². The van der Waals surface area contributed by atoms with Crippen LogP contribution in [-0.4, -0.2) is 39.7 Å². The molecule has 11 heteroatoms. The standard InChI is InChI=1S/C27H32ClN5O4S/c1-6-32-26(36)21-13-19(9-10-23(21)33(27(32)37)16-38(3,4)5)30-24(34)11-17(2)12-25(35)31-20-8-7-18(15-29)22(28)14-20/h7-10,13-14,17H,6,11-12,16H2,1-5H3,(H,30,34)(H,31,35). The van der Waals surface area contributed by atoms with Crippen molar-refractivity contribution in [1.82, 2.24) is 9.13 Å². The van der Waals surface area contributed by atoms with E-state index in [4.69, 9.17) is 16.9 Å². The molecular formula is C27H32ClN5O4S. The van der Waals surface area contributed by atoms with Crippen LogP contribution in [0.3, 0.4) is 0 Å². The molecule has 1 aromatic heterocycles. The normalized spacial score (nSPS) is 12.6. The van der Waals surface area contributed by atoms with Crippen molar-refractivity contribution < 1.29 is 9.59 Å². The second-order valence-electron chi connectivity index (χ2n) is 10.1. The van der Waals surface area contributed by atoms with Crippen LogP contribution >= 0.6 is 21.6 Å². The van der Waals surface area contributed by atoms with E-state index in [0.29, 0.717) is 33.7 Å². The third-order valence-corrected chi connectivity index (χ3v) is 7.13. The summed E-state index contributed by atoms with van der Waals surface area (Å²) in [5, 5.41) is 15.1. The van der Waals surface area contributed by atoms with Gasteiger partial charge in [-0.2, -0.15) is 5.26 Å². The summed E-state index contributed by atoms with van der Waals surface area (Å²) in [5.41, 5.74) is 1.04. The van der Waals surface area contributed by atoms with Crippen LogP contribution in [0, 0.1) is 17.2 Å². The van der Waals surface area contributed by atoms with Gasteiger partial charge < -0.3 is 10.6 Å². The maximum Gasteiger partial charge on any atom is 0.332 e. The fourth-order valence-electron chi connectivity index (χ4n) is 4.11. The fourth-order valence-corrected chi connectivity index (χ4v) is 5.35. The zero-order valence-electron chi connectivity index (χ0n) is 22.1. The average molecular weight is 558 g/mol. The van der Waals surface area contributed by atoms with Crippen LogP contribution in [0.1, 0.15) is 32.3 Å². The lowest BCUT2D eigenvalue weighted by atomic mass is 10.0. The predicted molar refractivity (Wildman–Crippen MR) is 155 cm³/mol. The summed E-state index contributed by atoms with van der Waals surface area (Å²) in [6.07, 6.45) is 6.49. The molecule has 0 fully saturated rings. The predicted octanol–water partition coefficient (Wildman–Crippen LogP) is 4.35. The van der Waals surface area contributed by atoms with Gasteiger partial charge in [0.05, 0.1) is 27.4 Å². The van der Waals surface area contributed by atoms with Crippen molar-refractivity contribution >= 4 is 55.7 Å². The molecule has 0 aliphatic heterocycles. The molecule has 0 radical (unpaired) electrons. The molecule has 2 aromatic carbocycles. The van der Waals surface area contributed by atoms with Gasteiger partial charge in [0.15, 0.2) is 0 Å². The second-order valence-corrected chi connectivity index (χ2v) is 15.0. The number of rotatable bonds is 9. The lowest BCUT2D eigenvalue weighted by molar-refractivity contribution is -0.118. The molecule has 38 heavy (non-hydrogen) atoms. The number of nitrogens with one attached hydrogen (secondary N) is 2. The molecule has 0 aliphatic rings. The number of carbonyl (C=O) groups excluding carboxylic acids is 2. The highest BCUT2D eigenvalue weighted by molar-refractivity contribution is 8.31. The molecule has 2 amide bonds. The van der Waals surface area contributed by atoms with E-state index in [1.54, 1.807) is 42.7 Å². The van der Waals surface area contributed by atoms with Gasteiger partial charge in [0.25, 0.3) is 5.56 Å². The van der Waals surface area contributed by atoms with E-state index < -0.39 is 15.6 Å². The number of nitriles is 1. The van der Waals surface area contributed by atoms with E-state index in [0.717, 1.165) is 0 Å². The van der Waals surface area contributed by atoms with Gasteiger partial charge in [0.2, 0.25) is 11.8 Å². The van der Waals surface area contributed by atoms with Crippen LogP contribution < -0.4 is 21.9 Å². The summed E-state index contributed by atoms with van der Waals surface area (Å²) in [6.45, 7) is 3.79. The minimum atomic E-state index is -1.08. The summed E-state index contributed by atoms with van der Waals surface area (Å²) in [5.74, 6) is -0.325. The molecule has 0 spiro atoms. The van der Waals surface area contributed by atoms with Crippen molar-refractivity contribution in [3.63, 3.8) is 0 Å². The van der Waals surface area contributed by atoms with Gasteiger partial charge in [-0.05, 0) is 68.0 Å². The molecule has 1 heterocycles. The van der Waals surface area contributed by atoms with E-state index in [1.165, 1.54) is 16.7 Å². The van der Waals surface area contributed by atoms with Crippen LogP contribution in [0.2, 0.25) is 5.02 Å². The fraction of sp³-hybridized carbons (Fsp3) is 0.370. The zero-order chi connectivity index (χ0) is 28.2. The Bertz CT molecular complexity index is 1550. The lowest BCUT2D eigenvalue weighted by Crippen LogP contribution is -2.40. The Morgan fingerprint density at radius 1 is 1.00 bits per heavy atom. The van der Waals surface area contributed by atoms with Crippen molar-refractivity contribution in [3.05, 3.63) is 67.8 Å². The number of anilines is 2. The van der Waals surface area contributed by atoms with Crippen molar-refractivity contribution in [2.75, 3.05) is 29.4 Å². The molecule has 0 bridgehead atoms. The van der Waals surface area contributed by atoms with Crippen LogP contribution in [-0.2, 0) is 22.0 Å². The number of carbonyl (C=O) groups is 2. The summed E-state index contributed by atoms with van der Waals surface area (Å²) >= 11 is 6.01. The largest absolute Gasteiger partial charge is 0.332 e. The minimum absolute atomic E-state index is 0.0889. The van der Waals surface area contributed by atoms with Gasteiger partial charge >= 0.3 is 5.69 Å². The summed E-state index contributed by atoms with van der Waals surface area (Å²) in [4.78, 5) is 51.1. The summed E-state index contributed by atoms with van der Waals surface area (Å²) in [7, 11) is -1.08. The average Bonchev–Trinajstić information content (AvgIpc) is 2.81. The van der Waals surface area contributed by atoms with Crippen molar-refractivity contribution in [2.24, 2.45) is 5.92 Å². The first-order valence-electron chi connectivity index (χ1n) is 12.1. The SMILES string of the molecule is CCn1c(=O)c2cc(NC(=O)CC(C)CC(=O)Nc3ccc(C#N)c(Cl)c3)ccc2n(CS(C)(C)C)c1=O. The highest BCUT2D eigenvalue weighted by atomic mass is 35.5. The molecule has 1 unspecified atom stereocenters. The monoisotopic (exact) mass is 557 g/mol. The zero-order valence-corrected chi connectivity index (χ0v) is 23.7. The first kappa shape index (κ1) is 29.0. The highest BCUT2D eigenvalue weighted by Crippen LogP contribution is 2.36. The van der Waals surface area contributed by atoms with Gasteiger partial charge in [-0.3, -0.25) is 23.5 Å². The Morgan fingerprint density at radius 3 is 2.11 bits per heavy atom. The van der Waals surface area contributed by atoms with Crippen LogP contribution in [0.4, 0.5) is 11.4 Å². The van der Waals surface area contributed by atoms with Crippen LogP contribution in [0.5, 0.6) is 0 Å². The molecule has 9 nitrogen and oxygen atoms in total. The molecule has 0 saturated carbocycles. The van der Waals surface area contributed by atoms with Crippen molar-refractivity contribution in [2.45, 2.75) is 39.1 Å². The van der Waals surface area contributed by atoms with Crippen LogP contribution in [0.15, 0.2) is 46.0 Å². The highest BCUT2D eigenvalue weighted by Gasteiger charge is 2.18. The van der Waals surface area contributed by atoms with Gasteiger partial charge in [0.1, 0.15) is 6.07 Å². The quantitative estimate of drug-likeness (QED) is 0.404. The number of aromatic nitrogens is 2. The maximum atomic E-state index is 13.0. The van der Waals surface area contributed by atoms with E-state index in [9.17, 15) is 19.2 Å². The summed E-state index contributed by atoms with van der Waals surface area (Å²) in [6, 6.07) is 11.5. The van der Waals surface area contributed by atoms with Gasteiger partial charge in [-0.15, -0.1) is 0 Å². The van der Waals surface area contributed by atoms with Crippen molar-refractivity contribution in [3.8, 4) is 6.07 Å². The van der Waals surface area contributed by atoms with Crippen molar-refractivity contribution in [1.29, 1.82) is 5.26 Å². The van der Waals surface area contributed by atoms with E-state index in [1.807, 2.05) is 6.07 Å². The Kier molecular flexibility index (Phi) is 9.07. The first-order valence-corrected chi connectivity index (χ1v) is 15.5. The molecule has 3 aromatic rings. The first-order chi connectivity index (χ1) is 17.8. The van der Waals surface area contributed by atoms with Gasteiger partial charge in [-0.1, -0.05) is 18.5 Å². The van der Waals surface area contributed by atoms with E-state index >= 15 is 0 Å². The molecule has 0 saturated heterocycles. The van der Waals surface area contributed by atoms with Crippen LogP contribution in [0.25, 0.3) is 10.9 Å². The third-order valence-electron chi connectivity index (χ3n) is 5.78. The van der Waals surface area contributed by atoms with Gasteiger partial charge in [-0.25, -0.2) is 14.8 Å². The van der Waals surface area contributed by atoms with Gasteiger partial charge in [0, 0.05) is 30.8 Å². The molecule has 3 rings (SSSR count). The smallest absolute Gasteiger partial charge is 0.326 e. The molecule has 0 aliphatic carbocycles. The molecule has 202 valence electrons. The number of fused-ring (bicyclic) bond motifs is 1. The second kappa shape index (κ2) is 11.9. The Labute approximate surface area is 227 Å². The third kappa shape index (κ3) is 7.05. The number of amides is 2. The number of nitrogens with zero attached hydrogens (tertiary/aromatic N) is 3. The Balaban J connectivity index is 1.72. The molecule has 2 N–H and O–H groups in total.